The summed E-state index contributed by atoms with van der Waals surface area (Å²) in [4.78, 5) is 11.8. The number of carbonyl (C=O) groups excluding carboxylic acids is 1. The Morgan fingerprint density at radius 3 is 2.33 bits per heavy atom. The first-order valence-corrected chi connectivity index (χ1v) is 6.25. The highest BCUT2D eigenvalue weighted by atomic mass is 16.5. The molecule has 1 rings (SSSR count). The lowest BCUT2D eigenvalue weighted by Gasteiger charge is -2.21. The molecule has 1 N–H and O–H groups in total. The lowest BCUT2D eigenvalue weighted by molar-refractivity contribution is -0.118. The van der Waals surface area contributed by atoms with Crippen molar-refractivity contribution in [1.29, 1.82) is 0 Å². The highest BCUT2D eigenvalue weighted by molar-refractivity contribution is 5.93. The fourth-order valence-electron chi connectivity index (χ4n) is 1.55. The Balaban J connectivity index is 3.11. The van der Waals surface area contributed by atoms with Crippen molar-refractivity contribution in [2.45, 2.75) is 40.0 Å². The maximum Gasteiger partial charge on any atom is 0.227 e. The predicted octanol–water partition coefficient (Wildman–Crippen LogP) is 3.59. The summed E-state index contributed by atoms with van der Waals surface area (Å²) in [5.74, 6) is 0.643. The Morgan fingerprint density at radius 2 is 1.89 bits per heavy atom. The standard InChI is InChI=1S/C15H23NO2/c1-10(2)14(17)16-12-9-11(15(3,4)5)7-8-13(12)18-6/h7-10H,1-6H3,(H,16,17). The van der Waals surface area contributed by atoms with Gasteiger partial charge >= 0.3 is 0 Å². The summed E-state index contributed by atoms with van der Waals surface area (Å²) >= 11 is 0. The molecule has 0 atom stereocenters. The molecule has 0 radical (unpaired) electrons. The molecule has 0 aliphatic heterocycles. The van der Waals surface area contributed by atoms with Gasteiger partial charge in [0.15, 0.2) is 0 Å². The molecule has 18 heavy (non-hydrogen) atoms. The van der Waals surface area contributed by atoms with Crippen LogP contribution in [0.5, 0.6) is 5.75 Å². The van der Waals surface area contributed by atoms with Gasteiger partial charge in [-0.05, 0) is 23.1 Å². The van der Waals surface area contributed by atoms with E-state index in [1.807, 2.05) is 32.0 Å². The quantitative estimate of drug-likeness (QED) is 0.889. The Bertz CT molecular complexity index is 431. The summed E-state index contributed by atoms with van der Waals surface area (Å²) in [6, 6.07) is 5.92. The second-order valence-corrected chi connectivity index (χ2v) is 5.81. The molecule has 1 aromatic rings. The first-order chi connectivity index (χ1) is 8.25. The zero-order valence-electron chi connectivity index (χ0n) is 12.1. The van der Waals surface area contributed by atoms with Crippen molar-refractivity contribution in [3.63, 3.8) is 0 Å². The number of anilines is 1. The van der Waals surface area contributed by atoms with Crippen molar-refractivity contribution < 1.29 is 9.53 Å². The van der Waals surface area contributed by atoms with E-state index >= 15 is 0 Å². The fourth-order valence-corrected chi connectivity index (χ4v) is 1.55. The molecular formula is C15H23NO2. The molecule has 0 saturated heterocycles. The van der Waals surface area contributed by atoms with Gasteiger partial charge in [-0.1, -0.05) is 40.7 Å². The minimum Gasteiger partial charge on any atom is -0.495 e. The zero-order valence-corrected chi connectivity index (χ0v) is 12.1. The van der Waals surface area contributed by atoms with Gasteiger partial charge < -0.3 is 10.1 Å². The lowest BCUT2D eigenvalue weighted by Crippen LogP contribution is -2.19. The van der Waals surface area contributed by atoms with Crippen LogP contribution in [0, 0.1) is 5.92 Å². The molecule has 0 aliphatic rings. The van der Waals surface area contributed by atoms with E-state index in [0.717, 1.165) is 5.69 Å². The summed E-state index contributed by atoms with van der Waals surface area (Å²) in [6.07, 6.45) is 0. The molecule has 0 unspecified atom stereocenters. The number of hydrogen-bond donors (Lipinski definition) is 1. The van der Waals surface area contributed by atoms with Gasteiger partial charge in [0.1, 0.15) is 5.75 Å². The Labute approximate surface area is 110 Å². The lowest BCUT2D eigenvalue weighted by atomic mass is 9.87. The van der Waals surface area contributed by atoms with Gasteiger partial charge in [0.05, 0.1) is 12.8 Å². The molecular weight excluding hydrogens is 226 g/mol. The second kappa shape index (κ2) is 5.42. The molecule has 0 bridgehead atoms. The fraction of sp³-hybridized carbons (Fsp3) is 0.533. The third kappa shape index (κ3) is 3.49. The monoisotopic (exact) mass is 249 g/mol. The number of amides is 1. The number of rotatable bonds is 3. The number of carbonyl (C=O) groups is 1. The van der Waals surface area contributed by atoms with Crippen LogP contribution in [0.4, 0.5) is 5.69 Å². The molecule has 3 heteroatoms. The number of methoxy groups -OCH3 is 1. The maximum atomic E-state index is 11.8. The van der Waals surface area contributed by atoms with Crippen molar-refractivity contribution in [1.82, 2.24) is 0 Å². The van der Waals surface area contributed by atoms with E-state index in [4.69, 9.17) is 4.74 Å². The number of hydrogen-bond acceptors (Lipinski definition) is 2. The molecule has 0 saturated carbocycles. The maximum absolute atomic E-state index is 11.8. The number of benzene rings is 1. The van der Waals surface area contributed by atoms with E-state index in [-0.39, 0.29) is 17.2 Å². The van der Waals surface area contributed by atoms with E-state index in [9.17, 15) is 4.79 Å². The SMILES string of the molecule is COc1ccc(C(C)(C)C)cc1NC(=O)C(C)C. The summed E-state index contributed by atoms with van der Waals surface area (Å²) in [5.41, 5.74) is 1.95. The van der Waals surface area contributed by atoms with Crippen LogP contribution in [0.15, 0.2) is 18.2 Å². The molecule has 3 nitrogen and oxygen atoms in total. The third-order valence-electron chi connectivity index (χ3n) is 2.85. The third-order valence-corrected chi connectivity index (χ3v) is 2.85. The molecule has 100 valence electrons. The molecule has 0 fully saturated rings. The Hall–Kier alpha value is -1.51. The normalized spacial score (nSPS) is 11.5. The van der Waals surface area contributed by atoms with Crippen LogP contribution in [0.25, 0.3) is 0 Å². The van der Waals surface area contributed by atoms with Crippen LogP contribution < -0.4 is 10.1 Å². The first-order valence-electron chi connectivity index (χ1n) is 6.25. The minimum absolute atomic E-state index is 0.000593. The molecule has 1 amide bonds. The average molecular weight is 249 g/mol. The molecule has 0 spiro atoms. The van der Waals surface area contributed by atoms with Gasteiger partial charge in [-0.25, -0.2) is 0 Å². The predicted molar refractivity (Wildman–Crippen MR) is 75.2 cm³/mol. The zero-order chi connectivity index (χ0) is 13.9. The number of ether oxygens (including phenoxy) is 1. The van der Waals surface area contributed by atoms with Gasteiger partial charge in [0.25, 0.3) is 0 Å². The van der Waals surface area contributed by atoms with E-state index in [0.29, 0.717) is 5.75 Å². The highest BCUT2D eigenvalue weighted by Gasteiger charge is 2.17. The summed E-state index contributed by atoms with van der Waals surface area (Å²) < 4.78 is 5.28. The van der Waals surface area contributed by atoms with Crippen molar-refractivity contribution in [3.05, 3.63) is 23.8 Å². The molecule has 0 aromatic heterocycles. The van der Waals surface area contributed by atoms with E-state index in [2.05, 4.69) is 26.1 Å². The van der Waals surface area contributed by atoms with Gasteiger partial charge in [-0.15, -0.1) is 0 Å². The Kier molecular flexibility index (Phi) is 4.38. The highest BCUT2D eigenvalue weighted by Crippen LogP contribution is 2.31. The summed E-state index contributed by atoms with van der Waals surface area (Å²) in [7, 11) is 1.61. The van der Waals surface area contributed by atoms with Crippen LogP contribution in [-0.2, 0) is 10.2 Å². The van der Waals surface area contributed by atoms with Gasteiger partial charge in [0, 0.05) is 5.92 Å². The van der Waals surface area contributed by atoms with Crippen LogP contribution in [0.1, 0.15) is 40.2 Å². The van der Waals surface area contributed by atoms with E-state index < -0.39 is 0 Å². The van der Waals surface area contributed by atoms with Crippen LogP contribution in [0.3, 0.4) is 0 Å². The number of nitrogens with one attached hydrogen (secondary N) is 1. The van der Waals surface area contributed by atoms with Crippen molar-refractivity contribution in [2.75, 3.05) is 12.4 Å². The van der Waals surface area contributed by atoms with Crippen molar-refractivity contribution in [3.8, 4) is 5.75 Å². The van der Waals surface area contributed by atoms with Gasteiger partial charge in [-0.2, -0.15) is 0 Å². The smallest absolute Gasteiger partial charge is 0.227 e. The van der Waals surface area contributed by atoms with E-state index in [1.165, 1.54) is 5.56 Å². The minimum atomic E-state index is -0.0481. The van der Waals surface area contributed by atoms with Crippen LogP contribution in [-0.4, -0.2) is 13.0 Å². The van der Waals surface area contributed by atoms with Crippen molar-refractivity contribution >= 4 is 11.6 Å². The molecule has 0 aliphatic carbocycles. The molecule has 0 heterocycles. The van der Waals surface area contributed by atoms with Gasteiger partial charge in [0.2, 0.25) is 5.91 Å². The summed E-state index contributed by atoms with van der Waals surface area (Å²) in [5, 5.41) is 2.91. The van der Waals surface area contributed by atoms with Crippen molar-refractivity contribution in [2.24, 2.45) is 5.92 Å². The molecule has 1 aromatic carbocycles. The average Bonchev–Trinajstić information content (AvgIpc) is 2.27. The van der Waals surface area contributed by atoms with Crippen LogP contribution >= 0.6 is 0 Å². The summed E-state index contributed by atoms with van der Waals surface area (Å²) in [6.45, 7) is 10.2. The topological polar surface area (TPSA) is 38.3 Å². The van der Waals surface area contributed by atoms with Gasteiger partial charge in [-0.3, -0.25) is 4.79 Å². The Morgan fingerprint density at radius 1 is 1.28 bits per heavy atom. The largest absolute Gasteiger partial charge is 0.495 e. The first kappa shape index (κ1) is 14.6. The second-order valence-electron chi connectivity index (χ2n) is 5.81. The van der Waals surface area contributed by atoms with Crippen LogP contribution in [0.2, 0.25) is 0 Å². The van der Waals surface area contributed by atoms with E-state index in [1.54, 1.807) is 7.11 Å².